The molecule has 1 atom stereocenters. The number of hydrogen-bond acceptors (Lipinski definition) is 4. The highest BCUT2D eigenvalue weighted by molar-refractivity contribution is 7.99. The van der Waals surface area contributed by atoms with E-state index in [-0.39, 0.29) is 0 Å². The second-order valence-electron chi connectivity index (χ2n) is 2.12. The molecule has 1 saturated heterocycles. The third-order valence-electron chi connectivity index (χ3n) is 1.24. The zero-order chi connectivity index (χ0) is 7.61. The Kier molecular flexibility index (Phi) is 2.05. The molecule has 10 heavy (non-hydrogen) atoms. The smallest absolute Gasteiger partial charge is 0.450 e. The third-order valence-corrected chi connectivity index (χ3v) is 2.39. The normalized spacial score (nSPS) is 32.1. The Morgan fingerprint density at radius 1 is 1.70 bits per heavy atom. The Balaban J connectivity index is 2.43. The summed E-state index contributed by atoms with van der Waals surface area (Å²) in [4.78, 5) is 9.97. The molecule has 5 heteroatoms. The van der Waals surface area contributed by atoms with Crippen molar-refractivity contribution in [3.63, 3.8) is 0 Å². The molecule has 4 nitrogen and oxygen atoms in total. The van der Waals surface area contributed by atoms with Gasteiger partial charge in [0.2, 0.25) is 5.79 Å². The lowest BCUT2D eigenvalue weighted by atomic mass is 10.2. The summed E-state index contributed by atoms with van der Waals surface area (Å²) in [6, 6.07) is 0. The minimum atomic E-state index is -1.42. The Bertz CT molecular complexity index is 141. The molecule has 0 bridgehead atoms. The molecule has 0 aromatic rings. The molecule has 1 fully saturated rings. The zero-order valence-corrected chi connectivity index (χ0v) is 6.06. The first-order chi connectivity index (χ1) is 4.62. The summed E-state index contributed by atoms with van der Waals surface area (Å²) in [6.45, 7) is 0. The van der Waals surface area contributed by atoms with Gasteiger partial charge in [-0.3, -0.25) is 0 Å². The molecule has 58 valence electrons. The predicted octanol–water partition coefficient (Wildman–Crippen LogP) is 0.506. The van der Waals surface area contributed by atoms with E-state index < -0.39 is 11.9 Å². The fourth-order valence-electron chi connectivity index (χ4n) is 0.778. The molecular weight excluding hydrogens is 156 g/mol. The molecular formula is C5H8O4S. The summed E-state index contributed by atoms with van der Waals surface area (Å²) in [6.07, 6.45) is -1.02. The highest BCUT2D eigenvalue weighted by Crippen LogP contribution is 2.28. The standard InChI is InChI=1S/C5H8O4S/c6-4(7)9-5(8)1-2-10-3-5/h8H,1-3H2,(H,6,7)/t5-/m0/s1. The van der Waals surface area contributed by atoms with Crippen LogP contribution in [-0.2, 0) is 4.74 Å². The van der Waals surface area contributed by atoms with Crippen LogP contribution in [0.25, 0.3) is 0 Å². The molecule has 1 rings (SSSR count). The van der Waals surface area contributed by atoms with Crippen LogP contribution in [0.4, 0.5) is 4.79 Å². The monoisotopic (exact) mass is 164 g/mol. The molecule has 0 amide bonds. The number of carbonyl (C=O) groups is 1. The summed E-state index contributed by atoms with van der Waals surface area (Å²) in [5.41, 5.74) is 0. The molecule has 0 saturated carbocycles. The Labute approximate surface area is 62.2 Å². The van der Waals surface area contributed by atoms with Crippen molar-refractivity contribution < 1.29 is 19.7 Å². The van der Waals surface area contributed by atoms with Crippen LogP contribution in [0.3, 0.4) is 0 Å². The Morgan fingerprint density at radius 2 is 2.40 bits per heavy atom. The maximum absolute atomic E-state index is 9.97. The minimum absolute atomic E-state index is 0.347. The van der Waals surface area contributed by atoms with E-state index in [1.54, 1.807) is 0 Å². The van der Waals surface area contributed by atoms with Crippen LogP contribution in [0.2, 0.25) is 0 Å². The van der Waals surface area contributed by atoms with E-state index in [0.717, 1.165) is 5.75 Å². The summed E-state index contributed by atoms with van der Waals surface area (Å²) in [7, 11) is 0. The lowest BCUT2D eigenvalue weighted by molar-refractivity contribution is -0.151. The first-order valence-corrected chi connectivity index (χ1v) is 4.00. The van der Waals surface area contributed by atoms with Crippen LogP contribution < -0.4 is 0 Å². The van der Waals surface area contributed by atoms with Gasteiger partial charge in [-0.15, -0.1) is 0 Å². The van der Waals surface area contributed by atoms with Gasteiger partial charge in [0.1, 0.15) is 0 Å². The molecule has 0 aliphatic carbocycles. The van der Waals surface area contributed by atoms with Crippen molar-refractivity contribution in [3.05, 3.63) is 0 Å². The van der Waals surface area contributed by atoms with E-state index in [9.17, 15) is 9.90 Å². The van der Waals surface area contributed by atoms with Gasteiger partial charge < -0.3 is 14.9 Å². The van der Waals surface area contributed by atoms with Crippen molar-refractivity contribution in [3.8, 4) is 0 Å². The lowest BCUT2D eigenvalue weighted by Gasteiger charge is -2.18. The third kappa shape index (κ3) is 1.78. The van der Waals surface area contributed by atoms with Crippen LogP contribution in [0.15, 0.2) is 0 Å². The second kappa shape index (κ2) is 2.67. The first-order valence-electron chi connectivity index (χ1n) is 2.84. The number of rotatable bonds is 1. The van der Waals surface area contributed by atoms with Crippen molar-refractivity contribution in [1.29, 1.82) is 0 Å². The molecule has 1 aliphatic rings. The van der Waals surface area contributed by atoms with E-state index in [4.69, 9.17) is 5.11 Å². The average molecular weight is 164 g/mol. The Hall–Kier alpha value is -0.420. The van der Waals surface area contributed by atoms with Gasteiger partial charge in [-0.05, 0) is 5.75 Å². The highest BCUT2D eigenvalue weighted by atomic mass is 32.2. The SMILES string of the molecule is O=C(O)O[C@@]1(O)CCSC1. The summed E-state index contributed by atoms with van der Waals surface area (Å²) in [5, 5.41) is 17.4. The van der Waals surface area contributed by atoms with Gasteiger partial charge in [0.15, 0.2) is 0 Å². The fourth-order valence-corrected chi connectivity index (χ4v) is 1.91. The van der Waals surface area contributed by atoms with Gasteiger partial charge in [-0.1, -0.05) is 0 Å². The van der Waals surface area contributed by atoms with E-state index in [0.29, 0.717) is 12.2 Å². The number of hydrogen-bond donors (Lipinski definition) is 2. The molecule has 1 aliphatic heterocycles. The van der Waals surface area contributed by atoms with E-state index in [1.807, 2.05) is 0 Å². The molecule has 0 unspecified atom stereocenters. The quantitative estimate of drug-likeness (QED) is 0.436. The number of thioether (sulfide) groups is 1. The number of aliphatic hydroxyl groups is 1. The van der Waals surface area contributed by atoms with E-state index in [1.165, 1.54) is 11.8 Å². The minimum Gasteiger partial charge on any atom is -0.450 e. The summed E-state index contributed by atoms with van der Waals surface area (Å²) >= 11 is 1.48. The van der Waals surface area contributed by atoms with Crippen molar-refractivity contribution >= 4 is 17.9 Å². The highest BCUT2D eigenvalue weighted by Gasteiger charge is 2.35. The number of ether oxygens (including phenoxy) is 1. The van der Waals surface area contributed by atoms with E-state index in [2.05, 4.69) is 4.74 Å². The van der Waals surface area contributed by atoms with Gasteiger partial charge in [0, 0.05) is 6.42 Å². The van der Waals surface area contributed by atoms with Crippen molar-refractivity contribution in [1.82, 2.24) is 0 Å². The van der Waals surface area contributed by atoms with E-state index >= 15 is 0 Å². The fraction of sp³-hybridized carbons (Fsp3) is 0.800. The molecule has 1 heterocycles. The van der Waals surface area contributed by atoms with Gasteiger partial charge in [-0.2, -0.15) is 11.8 Å². The molecule has 0 radical (unpaired) electrons. The first kappa shape index (κ1) is 7.68. The largest absolute Gasteiger partial charge is 0.508 e. The summed E-state index contributed by atoms with van der Waals surface area (Å²) < 4.78 is 4.25. The van der Waals surface area contributed by atoms with Crippen LogP contribution in [-0.4, -0.2) is 33.7 Å². The summed E-state index contributed by atoms with van der Waals surface area (Å²) in [5.74, 6) is -0.320. The maximum Gasteiger partial charge on any atom is 0.508 e. The Morgan fingerprint density at radius 3 is 2.80 bits per heavy atom. The maximum atomic E-state index is 9.97. The van der Waals surface area contributed by atoms with Gasteiger partial charge in [-0.25, -0.2) is 4.79 Å². The van der Waals surface area contributed by atoms with Gasteiger partial charge in [0.05, 0.1) is 5.75 Å². The van der Waals surface area contributed by atoms with Crippen LogP contribution in [0.1, 0.15) is 6.42 Å². The van der Waals surface area contributed by atoms with Crippen molar-refractivity contribution in [2.24, 2.45) is 0 Å². The molecule has 2 N–H and O–H groups in total. The topological polar surface area (TPSA) is 66.8 Å². The predicted molar refractivity (Wildman–Crippen MR) is 36.0 cm³/mol. The molecule has 0 aromatic carbocycles. The average Bonchev–Trinajstić information content (AvgIpc) is 2.12. The van der Waals surface area contributed by atoms with Crippen molar-refractivity contribution in [2.45, 2.75) is 12.2 Å². The second-order valence-corrected chi connectivity index (χ2v) is 3.22. The molecule has 0 spiro atoms. The lowest BCUT2D eigenvalue weighted by Crippen LogP contribution is -2.33. The van der Waals surface area contributed by atoms with Crippen molar-refractivity contribution in [2.75, 3.05) is 11.5 Å². The number of carboxylic acid groups (broad SMARTS) is 1. The molecule has 0 aromatic heterocycles. The van der Waals surface area contributed by atoms with Crippen LogP contribution >= 0.6 is 11.8 Å². The van der Waals surface area contributed by atoms with Gasteiger partial charge in [0.25, 0.3) is 0 Å². The van der Waals surface area contributed by atoms with Crippen LogP contribution in [0, 0.1) is 0 Å². The van der Waals surface area contributed by atoms with Gasteiger partial charge >= 0.3 is 6.16 Å². The zero-order valence-electron chi connectivity index (χ0n) is 5.24. The van der Waals surface area contributed by atoms with Crippen LogP contribution in [0.5, 0.6) is 0 Å².